The van der Waals surface area contributed by atoms with E-state index in [-0.39, 0.29) is 16.7 Å². The minimum Gasteiger partial charge on any atom is -0.507 e. The first kappa shape index (κ1) is 23.7. The first-order valence-corrected chi connectivity index (χ1v) is 11.1. The lowest BCUT2D eigenvalue weighted by Gasteiger charge is -2.26. The van der Waals surface area contributed by atoms with Gasteiger partial charge in [-0.05, 0) is 65.1 Å². The van der Waals surface area contributed by atoms with E-state index in [0.29, 0.717) is 28.1 Å². The summed E-state index contributed by atoms with van der Waals surface area (Å²) in [5, 5.41) is 20.7. The summed E-state index contributed by atoms with van der Waals surface area (Å²) in [6.07, 6.45) is 3.13. The molecule has 1 aromatic heterocycles. The van der Waals surface area contributed by atoms with Crippen molar-refractivity contribution in [2.45, 2.75) is 32.2 Å². The van der Waals surface area contributed by atoms with Crippen LogP contribution in [0.3, 0.4) is 0 Å². The number of aliphatic hydroxyl groups is 1. The number of hydrogen-bond donors (Lipinski definition) is 1. The van der Waals surface area contributed by atoms with Gasteiger partial charge in [-0.1, -0.05) is 26.8 Å². The second-order valence-electron chi connectivity index (χ2n) is 9.27. The van der Waals surface area contributed by atoms with Gasteiger partial charge in [0.15, 0.2) is 0 Å². The van der Waals surface area contributed by atoms with E-state index in [1.165, 1.54) is 12.0 Å². The molecule has 1 aliphatic rings. The number of carbonyl (C=O) groups is 2. The highest BCUT2D eigenvalue weighted by Crippen LogP contribution is 2.43. The van der Waals surface area contributed by atoms with Crippen LogP contribution in [-0.4, -0.2) is 28.9 Å². The number of pyridine rings is 1. The Kier molecular flexibility index (Phi) is 6.14. The Morgan fingerprint density at radius 2 is 1.71 bits per heavy atom. The predicted molar refractivity (Wildman–Crippen MR) is 132 cm³/mol. The average Bonchev–Trinajstić information content (AvgIpc) is 3.13. The van der Waals surface area contributed by atoms with Crippen LogP contribution in [0.2, 0.25) is 0 Å². The van der Waals surface area contributed by atoms with Gasteiger partial charge in [-0.3, -0.25) is 19.5 Å². The molecule has 1 N–H and O–H groups in total. The molecule has 1 amide bonds. The Morgan fingerprint density at radius 3 is 2.29 bits per heavy atom. The van der Waals surface area contributed by atoms with E-state index in [0.717, 1.165) is 5.56 Å². The number of methoxy groups -OCH3 is 1. The van der Waals surface area contributed by atoms with Crippen LogP contribution in [0.25, 0.3) is 5.76 Å². The molecule has 3 aromatic rings. The second kappa shape index (κ2) is 9.07. The summed E-state index contributed by atoms with van der Waals surface area (Å²) in [4.78, 5) is 32.0. The number of Topliss-reactive ketones (excluding diaryl/α,β-unsaturated/α-hetero) is 1. The standard InChI is InChI=1S/C28H25N3O4/c1-28(2,3)19-7-10-22(35-4)21(15-19)25(32)23-24(18-11-13-30-14-12-18)31(27(34)26(23)33)20-8-5-17(16-29)6-9-20/h5-15,24,32H,1-4H3/b25-23+. The molecule has 2 aromatic carbocycles. The number of rotatable bonds is 4. The van der Waals surface area contributed by atoms with Gasteiger partial charge in [0.25, 0.3) is 11.7 Å². The molecule has 7 heteroatoms. The van der Waals surface area contributed by atoms with Crippen molar-refractivity contribution in [3.05, 3.63) is 94.8 Å². The molecule has 0 aliphatic carbocycles. The molecule has 4 rings (SSSR count). The fourth-order valence-corrected chi connectivity index (χ4v) is 4.16. The number of carbonyl (C=O) groups excluding carboxylic acids is 2. The van der Waals surface area contributed by atoms with E-state index in [1.807, 2.05) is 32.9 Å². The zero-order valence-electron chi connectivity index (χ0n) is 19.9. The van der Waals surface area contributed by atoms with Gasteiger partial charge in [-0.15, -0.1) is 0 Å². The molecule has 35 heavy (non-hydrogen) atoms. The molecule has 0 spiro atoms. The highest BCUT2D eigenvalue weighted by atomic mass is 16.5. The lowest BCUT2D eigenvalue weighted by Crippen LogP contribution is -2.29. The highest BCUT2D eigenvalue weighted by Gasteiger charge is 2.47. The third-order valence-corrected chi connectivity index (χ3v) is 6.06. The van der Waals surface area contributed by atoms with Crippen LogP contribution in [0, 0.1) is 11.3 Å². The van der Waals surface area contributed by atoms with E-state index in [4.69, 9.17) is 10.00 Å². The highest BCUT2D eigenvalue weighted by molar-refractivity contribution is 6.51. The van der Waals surface area contributed by atoms with Gasteiger partial charge in [0.05, 0.1) is 35.9 Å². The number of nitrogens with zero attached hydrogens (tertiary/aromatic N) is 3. The predicted octanol–water partition coefficient (Wildman–Crippen LogP) is 4.89. The fourth-order valence-electron chi connectivity index (χ4n) is 4.16. The van der Waals surface area contributed by atoms with Crippen LogP contribution in [0.15, 0.2) is 72.6 Å². The topological polar surface area (TPSA) is 104 Å². The lowest BCUT2D eigenvalue weighted by atomic mass is 9.85. The Hall–Kier alpha value is -4.44. The molecular weight excluding hydrogens is 442 g/mol. The molecule has 2 heterocycles. The lowest BCUT2D eigenvalue weighted by molar-refractivity contribution is -0.132. The maximum atomic E-state index is 13.4. The number of hydrogen-bond acceptors (Lipinski definition) is 6. The van der Waals surface area contributed by atoms with Gasteiger partial charge >= 0.3 is 0 Å². The number of nitriles is 1. The Morgan fingerprint density at radius 1 is 1.06 bits per heavy atom. The quantitative estimate of drug-likeness (QED) is 0.333. The van der Waals surface area contributed by atoms with Gasteiger partial charge in [-0.2, -0.15) is 5.26 Å². The van der Waals surface area contributed by atoms with Crippen molar-refractivity contribution < 1.29 is 19.4 Å². The van der Waals surface area contributed by atoms with Gasteiger partial charge in [0, 0.05) is 18.1 Å². The molecular formula is C28H25N3O4. The van der Waals surface area contributed by atoms with Crippen LogP contribution in [0.1, 0.15) is 49.1 Å². The van der Waals surface area contributed by atoms with Gasteiger partial charge in [-0.25, -0.2) is 0 Å². The molecule has 0 radical (unpaired) electrons. The molecule has 1 saturated heterocycles. The number of aliphatic hydroxyl groups excluding tert-OH is 1. The van der Waals surface area contributed by atoms with Crippen molar-refractivity contribution >= 4 is 23.1 Å². The average molecular weight is 468 g/mol. The second-order valence-corrected chi connectivity index (χ2v) is 9.27. The number of benzene rings is 2. The third kappa shape index (κ3) is 4.26. The Balaban J connectivity index is 1.97. The number of aromatic nitrogens is 1. The van der Waals surface area contributed by atoms with Gasteiger partial charge in [0.2, 0.25) is 0 Å². The SMILES string of the molecule is COc1ccc(C(C)(C)C)cc1/C(O)=C1\C(=O)C(=O)N(c2ccc(C#N)cc2)C1c1ccncc1. The summed E-state index contributed by atoms with van der Waals surface area (Å²) in [6, 6.07) is 16.4. The summed E-state index contributed by atoms with van der Waals surface area (Å²) in [7, 11) is 1.48. The normalized spacial score (nSPS) is 17.3. The third-order valence-electron chi connectivity index (χ3n) is 6.06. The molecule has 1 aliphatic heterocycles. The maximum absolute atomic E-state index is 13.4. The van der Waals surface area contributed by atoms with Crippen molar-refractivity contribution in [3.63, 3.8) is 0 Å². The van der Waals surface area contributed by atoms with Gasteiger partial charge < -0.3 is 9.84 Å². The van der Waals surface area contributed by atoms with E-state index in [1.54, 1.807) is 60.9 Å². The van der Waals surface area contributed by atoms with Crippen molar-refractivity contribution in [1.29, 1.82) is 5.26 Å². The smallest absolute Gasteiger partial charge is 0.300 e. The summed E-state index contributed by atoms with van der Waals surface area (Å²) >= 11 is 0. The van der Waals surface area contributed by atoms with Crippen LogP contribution >= 0.6 is 0 Å². The molecule has 1 unspecified atom stereocenters. The number of anilines is 1. The number of ether oxygens (including phenoxy) is 1. The van der Waals surface area contributed by atoms with Crippen LogP contribution < -0.4 is 9.64 Å². The Bertz CT molecular complexity index is 1360. The van der Waals surface area contributed by atoms with Crippen LogP contribution in [-0.2, 0) is 15.0 Å². The summed E-state index contributed by atoms with van der Waals surface area (Å²) in [6.45, 7) is 6.12. The maximum Gasteiger partial charge on any atom is 0.300 e. The number of ketones is 1. The number of amides is 1. The Labute approximate surface area is 203 Å². The molecule has 176 valence electrons. The van der Waals surface area contributed by atoms with Gasteiger partial charge in [0.1, 0.15) is 11.5 Å². The monoisotopic (exact) mass is 467 g/mol. The molecule has 7 nitrogen and oxygen atoms in total. The first-order chi connectivity index (χ1) is 16.7. The molecule has 1 fully saturated rings. The minimum absolute atomic E-state index is 0.0464. The molecule has 0 bridgehead atoms. The van der Waals surface area contributed by atoms with E-state index >= 15 is 0 Å². The largest absolute Gasteiger partial charge is 0.507 e. The van der Waals surface area contributed by atoms with E-state index in [9.17, 15) is 14.7 Å². The van der Waals surface area contributed by atoms with Crippen molar-refractivity contribution in [2.75, 3.05) is 12.0 Å². The summed E-state index contributed by atoms with van der Waals surface area (Å²) in [5.41, 5.74) is 2.46. The van der Waals surface area contributed by atoms with E-state index in [2.05, 4.69) is 4.98 Å². The fraction of sp³-hybridized carbons (Fsp3) is 0.214. The molecule has 1 atom stereocenters. The van der Waals surface area contributed by atoms with Crippen LogP contribution in [0.5, 0.6) is 5.75 Å². The van der Waals surface area contributed by atoms with Crippen molar-refractivity contribution in [1.82, 2.24) is 4.98 Å². The van der Waals surface area contributed by atoms with Crippen molar-refractivity contribution in [2.24, 2.45) is 0 Å². The zero-order chi connectivity index (χ0) is 25.3. The van der Waals surface area contributed by atoms with Crippen molar-refractivity contribution in [3.8, 4) is 11.8 Å². The van der Waals surface area contributed by atoms with E-state index < -0.39 is 17.7 Å². The van der Waals surface area contributed by atoms with Crippen LogP contribution in [0.4, 0.5) is 5.69 Å². The summed E-state index contributed by atoms with van der Waals surface area (Å²) in [5.74, 6) is -1.52. The minimum atomic E-state index is -0.895. The molecule has 0 saturated carbocycles. The zero-order valence-corrected chi connectivity index (χ0v) is 19.9. The summed E-state index contributed by atoms with van der Waals surface area (Å²) < 4.78 is 5.49. The first-order valence-electron chi connectivity index (χ1n) is 11.1.